The van der Waals surface area contributed by atoms with Crippen LogP contribution in [0.5, 0.6) is 11.5 Å². The maximum absolute atomic E-state index is 13.0. The van der Waals surface area contributed by atoms with Crippen molar-refractivity contribution >= 4 is 28.3 Å². The second-order valence-electron chi connectivity index (χ2n) is 7.49. The number of nitrogens with one attached hydrogen (secondary N) is 1. The molecule has 0 spiro atoms. The molecule has 0 aliphatic rings. The number of rotatable bonds is 4. The van der Waals surface area contributed by atoms with E-state index in [1.807, 2.05) is 30.3 Å². The summed E-state index contributed by atoms with van der Waals surface area (Å²) in [4.78, 5) is 25.4. The molecule has 3 aromatic rings. The minimum atomic E-state index is -0.692. The van der Waals surface area contributed by atoms with Crippen LogP contribution in [0.15, 0.2) is 60.7 Å². The molecule has 1 amide bonds. The third-order valence-electron chi connectivity index (χ3n) is 4.26. The number of anilines is 1. The zero-order valence-corrected chi connectivity index (χ0v) is 16.4. The first-order chi connectivity index (χ1) is 13.3. The molecule has 0 heterocycles. The fourth-order valence-corrected chi connectivity index (χ4v) is 2.67. The van der Waals surface area contributed by atoms with Gasteiger partial charge in [0.2, 0.25) is 0 Å². The number of methoxy groups -OCH3 is 1. The Morgan fingerprint density at radius 3 is 2.11 bits per heavy atom. The van der Waals surface area contributed by atoms with Crippen molar-refractivity contribution in [1.29, 1.82) is 0 Å². The van der Waals surface area contributed by atoms with Crippen LogP contribution in [0.4, 0.5) is 5.69 Å². The summed E-state index contributed by atoms with van der Waals surface area (Å²) < 4.78 is 10.9. The quantitative estimate of drug-likeness (QED) is 0.510. The first-order valence-electron chi connectivity index (χ1n) is 8.99. The van der Waals surface area contributed by atoms with Crippen LogP contribution in [0.25, 0.3) is 10.8 Å². The van der Waals surface area contributed by atoms with Crippen LogP contribution in [0.3, 0.4) is 0 Å². The van der Waals surface area contributed by atoms with Gasteiger partial charge in [-0.3, -0.25) is 9.59 Å². The highest BCUT2D eigenvalue weighted by Gasteiger charge is 2.26. The van der Waals surface area contributed by atoms with Gasteiger partial charge in [-0.2, -0.15) is 0 Å². The van der Waals surface area contributed by atoms with E-state index < -0.39 is 11.4 Å². The summed E-state index contributed by atoms with van der Waals surface area (Å²) in [6, 6.07) is 18.2. The number of para-hydroxylation sites is 2. The van der Waals surface area contributed by atoms with E-state index >= 15 is 0 Å². The van der Waals surface area contributed by atoms with Crippen molar-refractivity contribution in [2.45, 2.75) is 20.8 Å². The van der Waals surface area contributed by atoms with Crippen molar-refractivity contribution in [2.24, 2.45) is 5.41 Å². The Bertz CT molecular complexity index is 1030. The van der Waals surface area contributed by atoms with Crippen molar-refractivity contribution in [3.05, 3.63) is 66.2 Å². The summed E-state index contributed by atoms with van der Waals surface area (Å²) in [5, 5.41) is 4.60. The van der Waals surface area contributed by atoms with Gasteiger partial charge in [-0.05, 0) is 55.8 Å². The van der Waals surface area contributed by atoms with E-state index in [2.05, 4.69) is 5.32 Å². The first kappa shape index (κ1) is 19.4. The van der Waals surface area contributed by atoms with Crippen molar-refractivity contribution < 1.29 is 19.1 Å². The van der Waals surface area contributed by atoms with Crippen molar-refractivity contribution in [1.82, 2.24) is 0 Å². The third-order valence-corrected chi connectivity index (χ3v) is 4.26. The number of hydrogen-bond donors (Lipinski definition) is 1. The normalized spacial score (nSPS) is 11.1. The van der Waals surface area contributed by atoms with Crippen LogP contribution in [0.1, 0.15) is 31.1 Å². The molecular formula is C23H23NO4. The Morgan fingerprint density at radius 2 is 1.46 bits per heavy atom. The molecule has 28 heavy (non-hydrogen) atoms. The third kappa shape index (κ3) is 4.14. The fourth-order valence-electron chi connectivity index (χ4n) is 2.67. The van der Waals surface area contributed by atoms with Crippen LogP contribution in [0, 0.1) is 5.41 Å². The Morgan fingerprint density at radius 1 is 0.857 bits per heavy atom. The molecule has 0 bridgehead atoms. The summed E-state index contributed by atoms with van der Waals surface area (Å²) >= 11 is 0. The average molecular weight is 377 g/mol. The van der Waals surface area contributed by atoms with Gasteiger partial charge >= 0.3 is 5.97 Å². The molecule has 3 aromatic carbocycles. The Balaban J connectivity index is 2.03. The summed E-state index contributed by atoms with van der Waals surface area (Å²) in [5.41, 5.74) is 0.126. The minimum Gasteiger partial charge on any atom is -0.495 e. The van der Waals surface area contributed by atoms with Crippen molar-refractivity contribution in [2.75, 3.05) is 12.4 Å². The second kappa shape index (κ2) is 7.72. The lowest BCUT2D eigenvalue weighted by molar-refractivity contribution is -0.143. The van der Waals surface area contributed by atoms with E-state index in [0.29, 0.717) is 11.4 Å². The van der Waals surface area contributed by atoms with Gasteiger partial charge in [-0.15, -0.1) is 0 Å². The van der Waals surface area contributed by atoms with E-state index in [9.17, 15) is 9.59 Å². The molecule has 0 saturated heterocycles. The average Bonchev–Trinajstić information content (AvgIpc) is 2.67. The highest BCUT2D eigenvalue weighted by Crippen LogP contribution is 2.30. The Hall–Kier alpha value is -3.34. The number of carbonyl (C=O) groups is 2. The predicted octanol–water partition coefficient (Wildman–Crippen LogP) is 5.05. The molecule has 0 radical (unpaired) electrons. The second-order valence-corrected chi connectivity index (χ2v) is 7.49. The van der Waals surface area contributed by atoms with Crippen LogP contribution < -0.4 is 14.8 Å². The highest BCUT2D eigenvalue weighted by molar-refractivity contribution is 6.09. The lowest BCUT2D eigenvalue weighted by atomic mass is 9.97. The van der Waals surface area contributed by atoms with E-state index in [1.165, 1.54) is 7.11 Å². The molecule has 0 atom stereocenters. The lowest BCUT2D eigenvalue weighted by Gasteiger charge is -2.19. The maximum Gasteiger partial charge on any atom is 0.316 e. The Labute approximate surface area is 164 Å². The molecule has 0 aliphatic carbocycles. The number of carbonyl (C=O) groups excluding carboxylic acids is 2. The number of fused-ring (bicyclic) bond motifs is 1. The maximum atomic E-state index is 13.0. The topological polar surface area (TPSA) is 64.6 Å². The standard InChI is InChI=1S/C23H23NO4/c1-23(2,3)22(26)28-20-14-16-10-6-5-9-15(16)13-17(20)21(25)24-18-11-7-8-12-19(18)27-4/h5-14H,1-4H3,(H,24,25). The smallest absolute Gasteiger partial charge is 0.316 e. The summed E-state index contributed by atoms with van der Waals surface area (Å²) in [6.07, 6.45) is 0. The molecule has 0 aliphatic heterocycles. The number of benzene rings is 3. The van der Waals surface area contributed by atoms with Crippen LogP contribution in [-0.4, -0.2) is 19.0 Å². The van der Waals surface area contributed by atoms with Gasteiger partial charge in [-0.1, -0.05) is 36.4 Å². The predicted molar refractivity (Wildman–Crippen MR) is 110 cm³/mol. The molecular weight excluding hydrogens is 354 g/mol. The molecule has 0 aromatic heterocycles. The minimum absolute atomic E-state index is 0.228. The zero-order chi connectivity index (χ0) is 20.3. The van der Waals surface area contributed by atoms with Gasteiger partial charge in [0, 0.05) is 0 Å². The van der Waals surface area contributed by atoms with Crippen LogP contribution in [-0.2, 0) is 4.79 Å². The first-order valence-corrected chi connectivity index (χ1v) is 8.99. The summed E-state index contributed by atoms with van der Waals surface area (Å²) in [5.74, 6) is -0.0167. The number of amides is 1. The lowest BCUT2D eigenvalue weighted by Crippen LogP contribution is -2.26. The van der Waals surface area contributed by atoms with Crippen molar-refractivity contribution in [3.8, 4) is 11.5 Å². The molecule has 0 saturated carbocycles. The molecule has 5 heteroatoms. The fraction of sp³-hybridized carbons (Fsp3) is 0.217. The number of esters is 1. The van der Waals surface area contributed by atoms with Gasteiger partial charge < -0.3 is 14.8 Å². The zero-order valence-electron chi connectivity index (χ0n) is 16.4. The Kier molecular flexibility index (Phi) is 5.36. The summed E-state index contributed by atoms with van der Waals surface area (Å²) in [6.45, 7) is 5.31. The van der Waals surface area contributed by atoms with Crippen LogP contribution in [0.2, 0.25) is 0 Å². The molecule has 3 rings (SSSR count). The van der Waals surface area contributed by atoms with Gasteiger partial charge in [-0.25, -0.2) is 0 Å². The molecule has 0 fully saturated rings. The van der Waals surface area contributed by atoms with Gasteiger partial charge in [0.15, 0.2) is 0 Å². The largest absolute Gasteiger partial charge is 0.495 e. The monoisotopic (exact) mass is 377 g/mol. The highest BCUT2D eigenvalue weighted by atomic mass is 16.5. The van der Waals surface area contributed by atoms with E-state index in [1.54, 1.807) is 51.1 Å². The SMILES string of the molecule is COc1ccccc1NC(=O)c1cc2ccccc2cc1OC(=O)C(C)(C)C. The number of hydrogen-bond acceptors (Lipinski definition) is 4. The van der Waals surface area contributed by atoms with Gasteiger partial charge in [0.1, 0.15) is 11.5 Å². The van der Waals surface area contributed by atoms with Crippen molar-refractivity contribution in [3.63, 3.8) is 0 Å². The van der Waals surface area contributed by atoms with E-state index in [4.69, 9.17) is 9.47 Å². The van der Waals surface area contributed by atoms with E-state index in [0.717, 1.165) is 10.8 Å². The molecule has 5 nitrogen and oxygen atoms in total. The summed E-state index contributed by atoms with van der Waals surface area (Å²) in [7, 11) is 1.54. The number of ether oxygens (including phenoxy) is 2. The van der Waals surface area contributed by atoms with Gasteiger partial charge in [0.25, 0.3) is 5.91 Å². The molecule has 1 N–H and O–H groups in total. The molecule has 144 valence electrons. The van der Waals surface area contributed by atoms with E-state index in [-0.39, 0.29) is 17.2 Å². The van der Waals surface area contributed by atoms with Gasteiger partial charge in [0.05, 0.1) is 23.8 Å². The van der Waals surface area contributed by atoms with Crippen LogP contribution >= 0.6 is 0 Å². The molecule has 0 unspecified atom stereocenters.